The maximum atomic E-state index is 13.8. The highest BCUT2D eigenvalue weighted by Crippen LogP contribution is 2.31. The maximum absolute atomic E-state index is 13.8. The zero-order valence-corrected chi connectivity index (χ0v) is 23.6. The Morgan fingerprint density at radius 3 is 2.16 bits per heavy atom. The Hall–Kier alpha value is -3.27. The summed E-state index contributed by atoms with van der Waals surface area (Å²) in [6.45, 7) is 7.15. The molecule has 0 aromatic heterocycles. The Balaban J connectivity index is 2.50. The number of sulfonamides is 1. The second-order valence-corrected chi connectivity index (χ2v) is 11.0. The molecule has 0 fully saturated rings. The summed E-state index contributed by atoms with van der Waals surface area (Å²) in [7, 11) is -0.855. The second-order valence-electron chi connectivity index (χ2n) is 9.06. The van der Waals surface area contributed by atoms with Crippen molar-refractivity contribution >= 4 is 27.5 Å². The highest BCUT2D eigenvalue weighted by atomic mass is 32.2. The van der Waals surface area contributed by atoms with Gasteiger partial charge < -0.3 is 19.7 Å². The molecule has 0 spiro atoms. The molecule has 0 aliphatic rings. The molecule has 0 aliphatic heterocycles. The molecule has 2 aromatic rings. The highest BCUT2D eigenvalue weighted by molar-refractivity contribution is 7.92. The van der Waals surface area contributed by atoms with E-state index in [1.807, 2.05) is 39.8 Å². The Bertz CT molecular complexity index is 1170. The monoisotopic (exact) mass is 533 g/mol. The van der Waals surface area contributed by atoms with Crippen LogP contribution in [0, 0.1) is 6.92 Å². The summed E-state index contributed by atoms with van der Waals surface area (Å²) in [5.41, 5.74) is 1.86. The normalized spacial score (nSPS) is 12.8. The van der Waals surface area contributed by atoms with E-state index in [1.165, 1.54) is 12.0 Å². The maximum Gasteiger partial charge on any atom is 0.244 e. The largest absolute Gasteiger partial charge is 0.497 e. The van der Waals surface area contributed by atoms with E-state index < -0.39 is 28.5 Å². The lowest BCUT2D eigenvalue weighted by atomic mass is 10.1. The molecule has 0 aliphatic carbocycles. The number of anilines is 1. The van der Waals surface area contributed by atoms with Crippen LogP contribution in [0.5, 0.6) is 11.5 Å². The van der Waals surface area contributed by atoms with Crippen molar-refractivity contribution in [3.8, 4) is 11.5 Å². The van der Waals surface area contributed by atoms with E-state index in [0.717, 1.165) is 28.1 Å². The molecular formula is C27H39N3O6S. The van der Waals surface area contributed by atoms with E-state index >= 15 is 0 Å². The number of ether oxygens (including phenoxy) is 2. The van der Waals surface area contributed by atoms with Gasteiger partial charge in [0.25, 0.3) is 0 Å². The van der Waals surface area contributed by atoms with E-state index in [4.69, 9.17) is 9.47 Å². The average Bonchev–Trinajstić information content (AvgIpc) is 2.86. The standard InChI is InChI=1S/C27H39N3O6S/c1-8-20(4)28-27(32)23(9-2)29(17-21-11-13-22(35-5)14-12-21)26(31)18-30(37(7,33)34)24-16-19(3)10-15-25(24)36-6/h10-16,20,23H,8-9,17-18H2,1-7H3,(H,28,32)/t20-,23+/m0/s1. The van der Waals surface area contributed by atoms with E-state index in [0.29, 0.717) is 17.9 Å². The number of amides is 2. The van der Waals surface area contributed by atoms with Crippen LogP contribution < -0.4 is 19.1 Å². The Morgan fingerprint density at radius 1 is 1.00 bits per heavy atom. The van der Waals surface area contributed by atoms with Gasteiger partial charge in [-0.05, 0) is 62.1 Å². The molecule has 1 N–H and O–H groups in total. The number of nitrogens with zero attached hydrogens (tertiary/aromatic N) is 2. The molecule has 2 aromatic carbocycles. The van der Waals surface area contributed by atoms with Crippen molar-refractivity contribution in [2.45, 2.75) is 59.2 Å². The Labute approximate surface area is 220 Å². The van der Waals surface area contributed by atoms with Gasteiger partial charge in [-0.3, -0.25) is 13.9 Å². The highest BCUT2D eigenvalue weighted by Gasteiger charge is 2.33. The molecule has 9 nitrogen and oxygen atoms in total. The summed E-state index contributed by atoms with van der Waals surface area (Å²) in [4.78, 5) is 28.5. The number of hydrogen-bond acceptors (Lipinski definition) is 6. The molecule has 0 heterocycles. The third-order valence-electron chi connectivity index (χ3n) is 6.18. The third kappa shape index (κ3) is 8.11. The van der Waals surface area contributed by atoms with Crippen LogP contribution in [0.3, 0.4) is 0 Å². The molecule has 37 heavy (non-hydrogen) atoms. The SMILES string of the molecule is CC[C@H](C(=O)N[C@@H](C)CC)N(Cc1ccc(OC)cc1)C(=O)CN(c1cc(C)ccc1OC)S(C)(=O)=O. The van der Waals surface area contributed by atoms with Crippen LogP contribution in [0.2, 0.25) is 0 Å². The topological polar surface area (TPSA) is 105 Å². The summed E-state index contributed by atoms with van der Waals surface area (Å²) in [6, 6.07) is 11.5. The van der Waals surface area contributed by atoms with Crippen LogP contribution in [-0.4, -0.2) is 64.2 Å². The van der Waals surface area contributed by atoms with Crippen LogP contribution in [0.4, 0.5) is 5.69 Å². The van der Waals surface area contributed by atoms with E-state index in [-0.39, 0.29) is 24.2 Å². The Kier molecular flexibility index (Phi) is 10.8. The minimum atomic E-state index is -3.86. The van der Waals surface area contributed by atoms with Gasteiger partial charge in [-0.2, -0.15) is 0 Å². The average molecular weight is 534 g/mol. The van der Waals surface area contributed by atoms with Crippen molar-refractivity contribution in [2.24, 2.45) is 0 Å². The van der Waals surface area contributed by atoms with Crippen LogP contribution in [0.15, 0.2) is 42.5 Å². The lowest BCUT2D eigenvalue weighted by Gasteiger charge is -2.33. The zero-order chi connectivity index (χ0) is 27.8. The molecule has 2 rings (SSSR count). The van der Waals surface area contributed by atoms with E-state index in [9.17, 15) is 18.0 Å². The fourth-order valence-corrected chi connectivity index (χ4v) is 4.72. The van der Waals surface area contributed by atoms with Crippen molar-refractivity contribution in [3.63, 3.8) is 0 Å². The van der Waals surface area contributed by atoms with E-state index in [2.05, 4.69) is 5.32 Å². The van der Waals surface area contributed by atoms with Gasteiger partial charge in [0.05, 0.1) is 26.2 Å². The predicted octanol–water partition coefficient (Wildman–Crippen LogP) is 3.50. The fraction of sp³-hybridized carbons (Fsp3) is 0.481. The van der Waals surface area contributed by atoms with Gasteiger partial charge in [0.2, 0.25) is 21.8 Å². The van der Waals surface area contributed by atoms with Gasteiger partial charge in [0.1, 0.15) is 24.1 Å². The van der Waals surface area contributed by atoms with Gasteiger partial charge in [-0.15, -0.1) is 0 Å². The number of hydrogen-bond donors (Lipinski definition) is 1. The lowest BCUT2D eigenvalue weighted by Crippen LogP contribution is -2.53. The summed E-state index contributed by atoms with van der Waals surface area (Å²) < 4.78 is 37.4. The smallest absolute Gasteiger partial charge is 0.244 e. The molecule has 0 unspecified atom stereocenters. The number of methoxy groups -OCH3 is 2. The molecule has 0 saturated heterocycles. The predicted molar refractivity (Wildman–Crippen MR) is 145 cm³/mol. The summed E-state index contributed by atoms with van der Waals surface area (Å²) in [5.74, 6) is 0.207. The van der Waals surface area contributed by atoms with Gasteiger partial charge in [-0.25, -0.2) is 8.42 Å². The first kappa shape index (κ1) is 30.0. The summed E-state index contributed by atoms with van der Waals surface area (Å²) in [6.07, 6.45) is 2.14. The first-order chi connectivity index (χ1) is 17.4. The third-order valence-corrected chi connectivity index (χ3v) is 7.31. The first-order valence-electron chi connectivity index (χ1n) is 12.3. The number of rotatable bonds is 13. The lowest BCUT2D eigenvalue weighted by molar-refractivity contribution is -0.140. The van der Waals surface area contributed by atoms with Crippen LogP contribution in [0.1, 0.15) is 44.7 Å². The van der Waals surface area contributed by atoms with Crippen LogP contribution >= 0.6 is 0 Å². The quantitative estimate of drug-likeness (QED) is 0.423. The molecule has 0 saturated carbocycles. The second kappa shape index (κ2) is 13.3. The van der Waals surface area contributed by atoms with Crippen molar-refractivity contribution in [1.29, 1.82) is 0 Å². The van der Waals surface area contributed by atoms with Crippen molar-refractivity contribution in [2.75, 3.05) is 31.3 Å². The van der Waals surface area contributed by atoms with Crippen LogP contribution in [-0.2, 0) is 26.2 Å². The summed E-state index contributed by atoms with van der Waals surface area (Å²) >= 11 is 0. The minimum absolute atomic E-state index is 0.0661. The Morgan fingerprint density at radius 2 is 1.65 bits per heavy atom. The minimum Gasteiger partial charge on any atom is -0.497 e. The number of aryl methyl sites for hydroxylation is 1. The molecule has 0 radical (unpaired) electrons. The van der Waals surface area contributed by atoms with Crippen molar-refractivity contribution in [3.05, 3.63) is 53.6 Å². The van der Waals surface area contributed by atoms with Gasteiger partial charge >= 0.3 is 0 Å². The van der Waals surface area contributed by atoms with E-state index in [1.54, 1.807) is 37.4 Å². The van der Waals surface area contributed by atoms with Gasteiger partial charge in [0, 0.05) is 12.6 Å². The zero-order valence-electron chi connectivity index (χ0n) is 22.8. The molecule has 10 heteroatoms. The number of nitrogens with one attached hydrogen (secondary N) is 1. The van der Waals surface area contributed by atoms with Crippen molar-refractivity contribution < 1.29 is 27.5 Å². The number of carbonyl (C=O) groups excluding carboxylic acids is 2. The fourth-order valence-electron chi connectivity index (χ4n) is 3.88. The first-order valence-corrected chi connectivity index (χ1v) is 14.1. The molecule has 2 atom stereocenters. The van der Waals surface area contributed by atoms with Gasteiger partial charge in [0.15, 0.2) is 0 Å². The molecule has 204 valence electrons. The van der Waals surface area contributed by atoms with Crippen LogP contribution in [0.25, 0.3) is 0 Å². The molecule has 2 amide bonds. The molecule has 0 bridgehead atoms. The number of carbonyl (C=O) groups is 2. The molecular weight excluding hydrogens is 494 g/mol. The van der Waals surface area contributed by atoms with Gasteiger partial charge in [-0.1, -0.05) is 32.0 Å². The summed E-state index contributed by atoms with van der Waals surface area (Å²) in [5, 5.41) is 2.96. The van der Waals surface area contributed by atoms with Crippen molar-refractivity contribution in [1.82, 2.24) is 10.2 Å². The number of benzene rings is 2.